The Morgan fingerprint density at radius 2 is 2.60 bits per heavy atom. The lowest BCUT2D eigenvalue weighted by Gasteiger charge is -1.86. The number of Topliss-reactive ketones (excluding diaryl/α,β-unsaturated/α-hetero) is 1. The molecule has 0 bridgehead atoms. The minimum Gasteiger partial charge on any atom is -1.00 e. The van der Waals surface area contributed by atoms with E-state index in [1.807, 2.05) is 6.92 Å². The number of aromatic nitrogens is 2. The molecule has 1 aromatic heterocycles. The smallest absolute Gasteiger partial charge is 1.00 e. The van der Waals surface area contributed by atoms with Gasteiger partial charge in [-0.15, -0.1) is 0 Å². The van der Waals surface area contributed by atoms with Crippen LogP contribution in [0.15, 0.2) is 12.4 Å². The molecule has 0 fully saturated rings. The lowest BCUT2D eigenvalue weighted by atomic mass is 10.3. The van der Waals surface area contributed by atoms with Gasteiger partial charge in [0.2, 0.25) is 0 Å². The van der Waals surface area contributed by atoms with Crippen molar-refractivity contribution in [1.82, 2.24) is 9.97 Å². The Hall–Kier alpha value is -0.830. The Morgan fingerprint density at radius 3 is 3.00 bits per heavy atom. The van der Waals surface area contributed by atoms with Gasteiger partial charge in [-0.3, -0.25) is 4.79 Å². The molecule has 0 atom stereocenters. The fraction of sp³-hybridized carbons (Fsp3) is 0.333. The predicted octanol–water partition coefficient (Wildman–Crippen LogP) is -1.88. The van der Waals surface area contributed by atoms with Crippen molar-refractivity contribution in [2.24, 2.45) is 0 Å². The topological polar surface area (TPSA) is 45.8 Å². The molecule has 0 aliphatic rings. The Morgan fingerprint density at radius 1 is 1.90 bits per heavy atom. The molecule has 1 rings (SSSR count). The summed E-state index contributed by atoms with van der Waals surface area (Å²) in [7, 11) is 0. The van der Waals surface area contributed by atoms with E-state index >= 15 is 0 Å². The first kappa shape index (κ1) is 9.17. The average molecular weight is 161 g/mol. The van der Waals surface area contributed by atoms with Crippen LogP contribution in [-0.2, 0) is 0 Å². The Labute approximate surface area is 66.8 Å². The number of aromatic amines is 1. The van der Waals surface area contributed by atoms with Crippen LogP contribution >= 0.6 is 0 Å². The molecule has 3 nitrogen and oxygen atoms in total. The maximum absolute atomic E-state index is 10.8. The van der Waals surface area contributed by atoms with Crippen LogP contribution in [0.2, 0.25) is 0 Å². The summed E-state index contributed by atoms with van der Waals surface area (Å²) >= 11 is 0. The van der Waals surface area contributed by atoms with Gasteiger partial charge in [0.25, 0.3) is 0 Å². The third kappa shape index (κ3) is 1.84. The van der Waals surface area contributed by atoms with Crippen LogP contribution in [0.1, 0.15) is 25.4 Å². The largest absolute Gasteiger partial charge is 1.00 e. The zero-order chi connectivity index (χ0) is 6.69. The van der Waals surface area contributed by atoms with Crippen molar-refractivity contribution < 1.29 is 18.6 Å². The van der Waals surface area contributed by atoms with E-state index in [4.69, 9.17) is 0 Å². The highest BCUT2D eigenvalue weighted by Gasteiger charge is 2.02. The molecule has 0 spiro atoms. The molecule has 1 aromatic rings. The molecule has 0 amide bonds. The van der Waals surface area contributed by atoms with Gasteiger partial charge >= 0.3 is 1.43 Å². The highest BCUT2D eigenvalue weighted by atomic mass is 35.5. The Kier molecular flexibility index (Phi) is 3.72. The van der Waals surface area contributed by atoms with Gasteiger partial charge in [-0.05, 0) is 0 Å². The lowest BCUT2D eigenvalue weighted by Crippen LogP contribution is -3.00. The number of H-pyrrole nitrogens is 1. The highest BCUT2D eigenvalue weighted by molar-refractivity contribution is 5.92. The van der Waals surface area contributed by atoms with Gasteiger partial charge in [0.15, 0.2) is 11.6 Å². The van der Waals surface area contributed by atoms with Gasteiger partial charge < -0.3 is 17.4 Å². The van der Waals surface area contributed by atoms with Gasteiger partial charge in [0.05, 0.1) is 0 Å². The van der Waals surface area contributed by atoms with Crippen LogP contribution in [-0.4, -0.2) is 15.8 Å². The SMILES string of the molecule is CCC(=O)c1ncc[nH]1.[Cl-].[H+]. The number of carbonyl (C=O) groups is 1. The first-order valence-corrected chi connectivity index (χ1v) is 2.87. The molecule has 10 heavy (non-hydrogen) atoms. The summed E-state index contributed by atoms with van der Waals surface area (Å²) < 4.78 is 0. The van der Waals surface area contributed by atoms with Gasteiger partial charge in [-0.1, -0.05) is 6.92 Å². The quantitative estimate of drug-likeness (QED) is 0.515. The molecule has 4 heteroatoms. The standard InChI is InChI=1S/C6H8N2O.ClH/c1-2-5(9)6-7-3-4-8-6;/h3-4H,2H2,1H3,(H,7,8);1H. The van der Waals surface area contributed by atoms with Crippen LogP contribution in [0.5, 0.6) is 0 Å². The number of halogens is 1. The molecule has 0 radical (unpaired) electrons. The van der Waals surface area contributed by atoms with Crippen LogP contribution in [0.4, 0.5) is 0 Å². The van der Waals surface area contributed by atoms with Crippen molar-refractivity contribution in [1.29, 1.82) is 0 Å². The monoisotopic (exact) mass is 160 g/mol. The summed E-state index contributed by atoms with van der Waals surface area (Å²) in [4.78, 5) is 17.3. The molecule has 0 aliphatic heterocycles. The Balaban J connectivity index is 0. The summed E-state index contributed by atoms with van der Waals surface area (Å²) in [5.74, 6) is 0.512. The second kappa shape index (κ2) is 4.06. The Bertz CT molecular complexity index is 200. The second-order valence-corrected chi connectivity index (χ2v) is 1.71. The molecule has 0 saturated carbocycles. The zero-order valence-corrected chi connectivity index (χ0v) is 6.35. The molecular formula is C6H9ClN2O. The van der Waals surface area contributed by atoms with Crippen molar-refractivity contribution in [2.75, 3.05) is 0 Å². The first-order valence-electron chi connectivity index (χ1n) is 2.87. The molecule has 0 saturated heterocycles. The fourth-order valence-corrected chi connectivity index (χ4v) is 0.585. The number of hydrogen-bond acceptors (Lipinski definition) is 2. The lowest BCUT2D eigenvalue weighted by molar-refractivity contribution is -0.00000972. The van der Waals surface area contributed by atoms with Crippen molar-refractivity contribution >= 4 is 5.78 Å². The average Bonchev–Trinajstić information content (AvgIpc) is 2.37. The van der Waals surface area contributed by atoms with E-state index in [1.165, 1.54) is 0 Å². The maximum atomic E-state index is 10.8. The van der Waals surface area contributed by atoms with Gasteiger partial charge in [-0.25, -0.2) is 4.98 Å². The fourth-order valence-electron chi connectivity index (χ4n) is 0.585. The molecule has 0 aromatic carbocycles. The van der Waals surface area contributed by atoms with Gasteiger partial charge in [-0.2, -0.15) is 0 Å². The molecule has 1 heterocycles. The molecule has 56 valence electrons. The van der Waals surface area contributed by atoms with Crippen LogP contribution in [0.3, 0.4) is 0 Å². The summed E-state index contributed by atoms with van der Waals surface area (Å²) in [6.07, 6.45) is 3.72. The van der Waals surface area contributed by atoms with E-state index in [-0.39, 0.29) is 19.6 Å². The number of ketones is 1. The predicted molar refractivity (Wildman–Crippen MR) is 34.3 cm³/mol. The summed E-state index contributed by atoms with van der Waals surface area (Å²) in [5.41, 5.74) is 0. The normalized spacial score (nSPS) is 8.50. The number of rotatable bonds is 2. The molecule has 0 unspecified atom stereocenters. The van der Waals surface area contributed by atoms with E-state index in [9.17, 15) is 4.79 Å². The minimum atomic E-state index is 0. The minimum absolute atomic E-state index is 0. The van der Waals surface area contributed by atoms with Crippen molar-refractivity contribution in [2.45, 2.75) is 13.3 Å². The zero-order valence-electron chi connectivity index (χ0n) is 6.60. The van der Waals surface area contributed by atoms with Crippen LogP contribution in [0, 0.1) is 0 Å². The van der Waals surface area contributed by atoms with E-state index in [1.54, 1.807) is 12.4 Å². The van der Waals surface area contributed by atoms with Gasteiger partial charge in [0, 0.05) is 18.8 Å². The molecular weight excluding hydrogens is 152 g/mol. The second-order valence-electron chi connectivity index (χ2n) is 1.71. The van der Waals surface area contributed by atoms with Gasteiger partial charge in [0.1, 0.15) is 0 Å². The molecule has 1 N–H and O–H groups in total. The highest BCUT2D eigenvalue weighted by Crippen LogP contribution is 1.92. The van der Waals surface area contributed by atoms with E-state index in [0.29, 0.717) is 12.2 Å². The number of nitrogens with one attached hydrogen (secondary N) is 1. The van der Waals surface area contributed by atoms with E-state index in [2.05, 4.69) is 9.97 Å². The molecule has 0 aliphatic carbocycles. The van der Waals surface area contributed by atoms with Crippen molar-refractivity contribution in [3.63, 3.8) is 0 Å². The summed E-state index contributed by atoms with van der Waals surface area (Å²) in [6.45, 7) is 1.81. The summed E-state index contributed by atoms with van der Waals surface area (Å²) in [5, 5.41) is 0. The number of imidazole rings is 1. The first-order chi connectivity index (χ1) is 4.34. The third-order valence-electron chi connectivity index (χ3n) is 1.08. The van der Waals surface area contributed by atoms with Crippen molar-refractivity contribution in [3.8, 4) is 0 Å². The summed E-state index contributed by atoms with van der Waals surface area (Å²) in [6, 6.07) is 0. The van der Waals surface area contributed by atoms with Crippen molar-refractivity contribution in [3.05, 3.63) is 18.2 Å². The number of nitrogens with zero attached hydrogens (tertiary/aromatic N) is 1. The van der Waals surface area contributed by atoms with Crippen LogP contribution in [0.25, 0.3) is 0 Å². The number of hydrogen-bond donors (Lipinski definition) is 1. The maximum Gasteiger partial charge on any atom is 1.00 e. The van der Waals surface area contributed by atoms with E-state index in [0.717, 1.165) is 0 Å². The number of carbonyl (C=O) groups excluding carboxylic acids is 1. The third-order valence-corrected chi connectivity index (χ3v) is 1.08. The van der Waals surface area contributed by atoms with E-state index < -0.39 is 0 Å². The van der Waals surface area contributed by atoms with Crippen LogP contribution < -0.4 is 12.4 Å².